The van der Waals surface area contributed by atoms with E-state index in [-0.39, 0.29) is 23.8 Å². The third-order valence-corrected chi connectivity index (χ3v) is 6.28. The Morgan fingerprint density at radius 3 is 2.48 bits per heavy atom. The summed E-state index contributed by atoms with van der Waals surface area (Å²) in [7, 11) is 1.69. The van der Waals surface area contributed by atoms with Crippen molar-refractivity contribution in [2.45, 2.75) is 45.7 Å². The van der Waals surface area contributed by atoms with Crippen molar-refractivity contribution in [3.63, 3.8) is 0 Å². The van der Waals surface area contributed by atoms with Crippen molar-refractivity contribution in [2.24, 2.45) is 0 Å². The fourth-order valence-electron chi connectivity index (χ4n) is 4.26. The Bertz CT molecular complexity index is 789. The van der Waals surface area contributed by atoms with Gasteiger partial charge in [0.15, 0.2) is 0 Å². The highest BCUT2D eigenvalue weighted by Gasteiger charge is 2.44. The number of quaternary nitrogens is 1. The Balaban J connectivity index is 1.76. The molecule has 0 aromatic heterocycles. The zero-order valence-electron chi connectivity index (χ0n) is 17.8. The number of hydrogen-bond donors (Lipinski definition) is 2. The predicted molar refractivity (Wildman–Crippen MR) is 110 cm³/mol. The van der Waals surface area contributed by atoms with Gasteiger partial charge in [-0.25, -0.2) is 9.18 Å². The second-order valence-corrected chi connectivity index (χ2v) is 7.98. The largest absolute Gasteiger partial charge is 0.335 e. The van der Waals surface area contributed by atoms with Crippen molar-refractivity contribution in [2.75, 3.05) is 33.2 Å². The number of hydrogen-bond acceptors (Lipinski definition) is 2. The highest BCUT2D eigenvalue weighted by molar-refractivity contribution is 6.01. The molecule has 3 rings (SSSR count). The van der Waals surface area contributed by atoms with E-state index in [0.717, 1.165) is 38.2 Å². The molecule has 2 heterocycles. The highest BCUT2D eigenvalue weighted by Crippen LogP contribution is 2.36. The van der Waals surface area contributed by atoms with Gasteiger partial charge in [-0.2, -0.15) is 0 Å². The first kappa shape index (κ1) is 21.3. The molecule has 0 spiro atoms. The molecule has 0 aliphatic carbocycles. The third-order valence-electron chi connectivity index (χ3n) is 6.28. The summed E-state index contributed by atoms with van der Waals surface area (Å²) in [6.45, 7) is 10.2. The van der Waals surface area contributed by atoms with Gasteiger partial charge in [-0.1, -0.05) is 12.1 Å². The van der Waals surface area contributed by atoms with Gasteiger partial charge in [0, 0.05) is 13.1 Å². The molecular formula is C22H32FN4O2+. The Morgan fingerprint density at radius 2 is 1.86 bits per heavy atom. The van der Waals surface area contributed by atoms with E-state index >= 15 is 0 Å². The number of halogens is 1. The number of likely N-dealkylation sites (N-methyl/N-ethyl adjacent to an activating group) is 1. The van der Waals surface area contributed by atoms with Crippen LogP contribution in [0.2, 0.25) is 0 Å². The van der Waals surface area contributed by atoms with Crippen LogP contribution in [0.25, 0.3) is 0 Å². The molecule has 2 aliphatic rings. The normalized spacial score (nSPS) is 20.4. The van der Waals surface area contributed by atoms with Crippen molar-refractivity contribution < 1.29 is 18.9 Å². The van der Waals surface area contributed by atoms with E-state index in [4.69, 9.17) is 0 Å². The smallest absolute Gasteiger partial charge is 0.322 e. The Morgan fingerprint density at radius 1 is 1.21 bits per heavy atom. The van der Waals surface area contributed by atoms with Crippen LogP contribution in [0.4, 0.5) is 9.18 Å². The van der Waals surface area contributed by atoms with E-state index in [1.54, 1.807) is 24.1 Å². The van der Waals surface area contributed by atoms with Gasteiger partial charge in [-0.05, 0) is 51.3 Å². The van der Waals surface area contributed by atoms with Gasteiger partial charge in [-0.3, -0.25) is 9.69 Å². The van der Waals surface area contributed by atoms with Crippen molar-refractivity contribution in [1.82, 2.24) is 15.1 Å². The molecule has 29 heavy (non-hydrogen) atoms. The van der Waals surface area contributed by atoms with Crippen LogP contribution in [0.15, 0.2) is 35.5 Å². The van der Waals surface area contributed by atoms with E-state index < -0.39 is 6.04 Å². The molecule has 0 unspecified atom stereocenters. The topological polar surface area (TPSA) is 57.1 Å². The Hall–Kier alpha value is -2.41. The molecule has 2 atom stereocenters. The van der Waals surface area contributed by atoms with Crippen LogP contribution in [-0.4, -0.2) is 61.0 Å². The van der Waals surface area contributed by atoms with Crippen LogP contribution in [0, 0.1) is 5.82 Å². The predicted octanol–water partition coefficient (Wildman–Crippen LogP) is 1.71. The van der Waals surface area contributed by atoms with Gasteiger partial charge >= 0.3 is 6.03 Å². The quantitative estimate of drug-likeness (QED) is 0.694. The highest BCUT2D eigenvalue weighted by atomic mass is 19.1. The van der Waals surface area contributed by atoms with E-state index in [0.29, 0.717) is 17.7 Å². The molecule has 1 aromatic rings. The summed E-state index contributed by atoms with van der Waals surface area (Å²) >= 11 is 0. The lowest BCUT2D eigenvalue weighted by molar-refractivity contribution is -0.896. The summed E-state index contributed by atoms with van der Waals surface area (Å²) in [5.41, 5.74) is 2.06. The van der Waals surface area contributed by atoms with Gasteiger partial charge in [0.25, 0.3) is 5.91 Å². The lowest BCUT2D eigenvalue weighted by Gasteiger charge is -2.31. The first-order valence-corrected chi connectivity index (χ1v) is 10.5. The average molecular weight is 404 g/mol. The van der Waals surface area contributed by atoms with E-state index in [1.807, 2.05) is 4.90 Å². The van der Waals surface area contributed by atoms with Crippen LogP contribution in [0.1, 0.15) is 45.2 Å². The number of rotatable bonds is 8. The van der Waals surface area contributed by atoms with Crippen LogP contribution < -0.4 is 10.2 Å². The van der Waals surface area contributed by atoms with Gasteiger partial charge in [0.05, 0.1) is 43.5 Å². The first-order chi connectivity index (χ1) is 13.9. The molecule has 7 heteroatoms. The minimum absolute atomic E-state index is 0.0381. The zero-order valence-corrected chi connectivity index (χ0v) is 17.8. The second-order valence-electron chi connectivity index (χ2n) is 7.98. The first-order valence-electron chi connectivity index (χ1n) is 10.5. The van der Waals surface area contributed by atoms with Crippen LogP contribution in [-0.2, 0) is 4.79 Å². The molecule has 0 radical (unpaired) electrons. The summed E-state index contributed by atoms with van der Waals surface area (Å²) < 4.78 is 13.3. The molecule has 2 aliphatic heterocycles. The van der Waals surface area contributed by atoms with Gasteiger partial charge in [0.2, 0.25) is 0 Å². The van der Waals surface area contributed by atoms with Crippen LogP contribution >= 0.6 is 0 Å². The van der Waals surface area contributed by atoms with Crippen LogP contribution in [0.3, 0.4) is 0 Å². The van der Waals surface area contributed by atoms with Crippen molar-refractivity contribution in [3.05, 3.63) is 46.9 Å². The number of nitrogens with one attached hydrogen (secondary N) is 2. The average Bonchev–Trinajstić information content (AvgIpc) is 3.06. The maximum atomic E-state index is 13.3. The summed E-state index contributed by atoms with van der Waals surface area (Å²) in [5.74, 6) is -0.380. The summed E-state index contributed by atoms with van der Waals surface area (Å²) in [6, 6.07) is 5.28. The molecule has 0 saturated carbocycles. The maximum absolute atomic E-state index is 13.3. The van der Waals surface area contributed by atoms with Gasteiger partial charge in [0.1, 0.15) is 5.82 Å². The second kappa shape index (κ2) is 8.95. The number of carbonyl (C=O) groups is 2. The van der Waals surface area contributed by atoms with Gasteiger partial charge in [-0.15, -0.1) is 0 Å². The number of benzene rings is 1. The van der Waals surface area contributed by atoms with Crippen LogP contribution in [0.5, 0.6) is 0 Å². The molecule has 158 valence electrons. The standard InChI is InChI=1S/C22H31FN4O2/c1-5-26(6-2)13-7-8-15(3)27-14-18-19(21(27)28)20(24-22(29)25(18)4)16-9-11-17(23)12-10-16/h9-12,15,20H,5-8,13-14H2,1-4H3,(H,24,29)/p+1/t15-,20-/m1/s1. The SMILES string of the molecule is CC[NH+](CC)CCC[C@@H](C)N1CC2=C(C1=O)[C@@H](c1ccc(F)cc1)NC(=O)N2C. The van der Waals surface area contributed by atoms with Crippen molar-refractivity contribution in [3.8, 4) is 0 Å². The lowest BCUT2D eigenvalue weighted by atomic mass is 9.95. The van der Waals surface area contributed by atoms with E-state index in [9.17, 15) is 14.0 Å². The molecule has 0 bridgehead atoms. The fraction of sp³-hybridized carbons (Fsp3) is 0.545. The minimum atomic E-state index is -0.542. The molecule has 1 aromatic carbocycles. The molecule has 0 fully saturated rings. The van der Waals surface area contributed by atoms with E-state index in [2.05, 4.69) is 26.1 Å². The molecular weight excluding hydrogens is 371 g/mol. The molecule has 3 amide bonds. The lowest BCUT2D eigenvalue weighted by Crippen LogP contribution is -3.11. The molecule has 6 nitrogen and oxygen atoms in total. The van der Waals surface area contributed by atoms with Gasteiger partial charge < -0.3 is 15.1 Å². The van der Waals surface area contributed by atoms with Crippen molar-refractivity contribution in [1.29, 1.82) is 0 Å². The number of carbonyl (C=O) groups excluding carboxylic acids is 2. The van der Waals surface area contributed by atoms with Crippen molar-refractivity contribution >= 4 is 11.9 Å². The fourth-order valence-corrected chi connectivity index (χ4v) is 4.26. The zero-order chi connectivity index (χ0) is 21.1. The monoisotopic (exact) mass is 403 g/mol. The van der Waals surface area contributed by atoms with E-state index in [1.165, 1.54) is 17.0 Å². The molecule has 0 saturated heterocycles. The molecule has 2 N–H and O–H groups in total. The summed E-state index contributed by atoms with van der Waals surface area (Å²) in [4.78, 5) is 30.7. The number of nitrogens with zero attached hydrogens (tertiary/aromatic N) is 2. The Kier molecular flexibility index (Phi) is 6.57. The number of urea groups is 1. The third kappa shape index (κ3) is 4.29. The summed E-state index contributed by atoms with van der Waals surface area (Å²) in [6.07, 6.45) is 1.99. The minimum Gasteiger partial charge on any atom is -0.335 e. The maximum Gasteiger partial charge on any atom is 0.322 e. The summed E-state index contributed by atoms with van der Waals surface area (Å²) in [5, 5.41) is 2.89. The Labute approximate surface area is 172 Å². The number of amides is 3.